The van der Waals surface area contributed by atoms with Gasteiger partial charge >= 0.3 is 6.03 Å². The number of aliphatic imine (C=N–C) groups is 1. The molecule has 1 aliphatic heterocycles. The van der Waals surface area contributed by atoms with E-state index in [4.69, 9.17) is 0 Å². The van der Waals surface area contributed by atoms with E-state index in [2.05, 4.69) is 31.4 Å². The topological polar surface area (TPSA) is 117 Å². The lowest BCUT2D eigenvalue weighted by Crippen LogP contribution is -2.37. The van der Waals surface area contributed by atoms with Gasteiger partial charge in [0.2, 0.25) is 0 Å². The Bertz CT molecular complexity index is 1410. The SMILES string of the molecule is CCn1c2c(cc(-c3ccc(F)c(NC(=O)Nc4cc(C(C)(C)C)nn4C)c3)c1=O)CNC(NC)=N2. The van der Waals surface area contributed by atoms with Crippen LogP contribution in [0.5, 0.6) is 0 Å². The number of anilines is 2. The maximum atomic E-state index is 14.6. The Morgan fingerprint density at radius 1 is 1.19 bits per heavy atom. The highest BCUT2D eigenvalue weighted by Gasteiger charge is 2.21. The van der Waals surface area contributed by atoms with E-state index in [1.54, 1.807) is 35.5 Å². The van der Waals surface area contributed by atoms with Crippen molar-refractivity contribution < 1.29 is 9.18 Å². The van der Waals surface area contributed by atoms with Crippen LogP contribution < -0.4 is 26.8 Å². The molecule has 2 amide bonds. The minimum Gasteiger partial charge on any atom is -0.359 e. The third kappa shape index (κ3) is 4.81. The maximum absolute atomic E-state index is 14.6. The van der Waals surface area contributed by atoms with Crippen molar-refractivity contribution in [2.24, 2.45) is 12.0 Å². The van der Waals surface area contributed by atoms with E-state index < -0.39 is 11.8 Å². The predicted molar refractivity (Wildman–Crippen MR) is 139 cm³/mol. The van der Waals surface area contributed by atoms with Crippen molar-refractivity contribution in [1.29, 1.82) is 0 Å². The molecule has 3 heterocycles. The zero-order valence-corrected chi connectivity index (χ0v) is 21.3. The average molecular weight is 495 g/mol. The van der Waals surface area contributed by atoms with E-state index in [0.29, 0.717) is 41.8 Å². The Labute approximate surface area is 208 Å². The first-order chi connectivity index (χ1) is 17.0. The summed E-state index contributed by atoms with van der Waals surface area (Å²) in [5, 5.41) is 15.8. The molecule has 0 saturated carbocycles. The second-order valence-corrected chi connectivity index (χ2v) is 9.58. The number of urea groups is 1. The molecule has 11 heteroatoms. The molecule has 3 aromatic rings. The van der Waals surface area contributed by atoms with E-state index >= 15 is 0 Å². The van der Waals surface area contributed by atoms with Gasteiger partial charge in [-0.05, 0) is 30.7 Å². The van der Waals surface area contributed by atoms with Gasteiger partial charge in [-0.25, -0.2) is 9.18 Å². The van der Waals surface area contributed by atoms with Crippen LogP contribution in [-0.2, 0) is 25.6 Å². The number of hydrogen-bond acceptors (Lipinski definition) is 6. The third-order valence-corrected chi connectivity index (χ3v) is 5.97. The van der Waals surface area contributed by atoms with Gasteiger partial charge in [0.1, 0.15) is 17.5 Å². The van der Waals surface area contributed by atoms with Crippen LogP contribution in [0.1, 0.15) is 39.0 Å². The van der Waals surface area contributed by atoms with Gasteiger partial charge < -0.3 is 16.0 Å². The van der Waals surface area contributed by atoms with Crippen LogP contribution in [0.2, 0.25) is 0 Å². The fourth-order valence-electron chi connectivity index (χ4n) is 3.96. The van der Waals surface area contributed by atoms with E-state index in [9.17, 15) is 14.0 Å². The number of benzene rings is 1. The fraction of sp³-hybridized carbons (Fsp3) is 0.360. The Morgan fingerprint density at radius 2 is 1.94 bits per heavy atom. The van der Waals surface area contributed by atoms with Gasteiger partial charge in [-0.3, -0.25) is 19.4 Å². The summed E-state index contributed by atoms with van der Waals surface area (Å²) in [5.74, 6) is 1.02. The molecule has 2 aromatic heterocycles. The molecule has 0 radical (unpaired) electrons. The largest absolute Gasteiger partial charge is 0.359 e. The van der Waals surface area contributed by atoms with Gasteiger partial charge in [-0.1, -0.05) is 26.8 Å². The number of carbonyl (C=O) groups is 1. The lowest BCUT2D eigenvalue weighted by molar-refractivity contribution is 0.262. The van der Waals surface area contributed by atoms with Crippen LogP contribution in [0, 0.1) is 5.82 Å². The van der Waals surface area contributed by atoms with Crippen molar-refractivity contribution in [2.75, 3.05) is 17.7 Å². The maximum Gasteiger partial charge on any atom is 0.324 e. The molecule has 4 N–H and O–H groups in total. The van der Waals surface area contributed by atoms with E-state index in [1.807, 2.05) is 27.7 Å². The van der Waals surface area contributed by atoms with Gasteiger partial charge in [0, 0.05) is 49.8 Å². The molecule has 4 rings (SSSR count). The standard InChI is InChI=1S/C25H31FN8O2/c1-7-34-21-15(13-28-23(27-5)31-21)10-16(22(34)35)14-8-9-17(26)18(11-14)29-24(36)30-20-12-19(25(2,3)4)32-33(20)6/h8-12H,7,13H2,1-6H3,(H2,27,28,31)(H2,29,30,36). The Hall–Kier alpha value is -4.15. The first-order valence-corrected chi connectivity index (χ1v) is 11.7. The van der Waals surface area contributed by atoms with Crippen molar-refractivity contribution in [3.8, 4) is 11.1 Å². The predicted octanol–water partition coefficient (Wildman–Crippen LogP) is 3.66. The molecule has 0 atom stereocenters. The number of rotatable bonds is 4. The third-order valence-electron chi connectivity index (χ3n) is 5.97. The molecule has 0 unspecified atom stereocenters. The van der Waals surface area contributed by atoms with E-state index in [-0.39, 0.29) is 16.7 Å². The number of carbonyl (C=O) groups excluding carboxylic acids is 1. The number of nitrogens with zero attached hydrogens (tertiary/aromatic N) is 4. The number of hydrogen-bond donors (Lipinski definition) is 4. The van der Waals surface area contributed by atoms with Crippen LogP contribution in [-0.4, -0.2) is 33.4 Å². The normalized spacial score (nSPS) is 12.9. The van der Waals surface area contributed by atoms with E-state index in [0.717, 1.165) is 11.3 Å². The first kappa shape index (κ1) is 25.0. The van der Waals surface area contributed by atoms with Crippen molar-refractivity contribution in [3.05, 3.63) is 57.8 Å². The fourth-order valence-corrected chi connectivity index (χ4v) is 3.96. The molecule has 0 aliphatic carbocycles. The van der Waals surface area contributed by atoms with Crippen molar-refractivity contribution in [1.82, 2.24) is 25.0 Å². The summed E-state index contributed by atoms with van der Waals surface area (Å²) in [4.78, 5) is 30.5. The summed E-state index contributed by atoms with van der Waals surface area (Å²) in [7, 11) is 3.47. The summed E-state index contributed by atoms with van der Waals surface area (Å²) in [5.41, 5.74) is 2.05. The highest BCUT2D eigenvalue weighted by molar-refractivity contribution is 5.99. The average Bonchev–Trinajstić information content (AvgIpc) is 3.20. The smallest absolute Gasteiger partial charge is 0.324 e. The van der Waals surface area contributed by atoms with Crippen molar-refractivity contribution in [3.63, 3.8) is 0 Å². The molecular weight excluding hydrogens is 463 g/mol. The number of halogens is 1. The zero-order valence-electron chi connectivity index (χ0n) is 21.3. The second kappa shape index (κ2) is 9.48. The quantitative estimate of drug-likeness (QED) is 0.442. The summed E-state index contributed by atoms with van der Waals surface area (Å²) in [6.07, 6.45) is 0. The highest BCUT2D eigenvalue weighted by Crippen LogP contribution is 2.29. The van der Waals surface area contributed by atoms with Crippen LogP contribution in [0.3, 0.4) is 0 Å². The Balaban J connectivity index is 1.64. The number of aryl methyl sites for hydroxylation is 1. The molecule has 36 heavy (non-hydrogen) atoms. The van der Waals surface area contributed by atoms with Crippen molar-refractivity contribution >= 4 is 29.3 Å². The molecule has 0 saturated heterocycles. The van der Waals surface area contributed by atoms with Gasteiger partial charge in [0.25, 0.3) is 5.56 Å². The lowest BCUT2D eigenvalue weighted by Gasteiger charge is -2.21. The number of nitrogens with one attached hydrogen (secondary N) is 4. The van der Waals surface area contributed by atoms with Gasteiger partial charge in [0.15, 0.2) is 5.96 Å². The second-order valence-electron chi connectivity index (χ2n) is 9.58. The van der Waals surface area contributed by atoms with Gasteiger partial charge in [-0.15, -0.1) is 0 Å². The molecule has 190 valence electrons. The van der Waals surface area contributed by atoms with Gasteiger partial charge in [-0.2, -0.15) is 10.1 Å². The molecule has 0 fully saturated rings. The summed E-state index contributed by atoms with van der Waals surface area (Å²) >= 11 is 0. The minimum atomic E-state index is -0.621. The van der Waals surface area contributed by atoms with Crippen LogP contribution >= 0.6 is 0 Å². The lowest BCUT2D eigenvalue weighted by atomic mass is 9.92. The first-order valence-electron chi connectivity index (χ1n) is 11.7. The number of guanidine groups is 1. The number of aromatic nitrogens is 3. The number of fused-ring (bicyclic) bond motifs is 1. The van der Waals surface area contributed by atoms with Crippen LogP contribution in [0.25, 0.3) is 11.1 Å². The highest BCUT2D eigenvalue weighted by atomic mass is 19.1. The monoisotopic (exact) mass is 494 g/mol. The zero-order chi connectivity index (χ0) is 26.2. The van der Waals surface area contributed by atoms with Crippen LogP contribution in [0.15, 0.2) is 40.1 Å². The van der Waals surface area contributed by atoms with E-state index in [1.165, 1.54) is 18.2 Å². The Morgan fingerprint density at radius 3 is 2.58 bits per heavy atom. The summed E-state index contributed by atoms with van der Waals surface area (Å²) in [6, 6.07) is 7.13. The molecule has 0 spiro atoms. The summed E-state index contributed by atoms with van der Waals surface area (Å²) < 4.78 is 17.8. The van der Waals surface area contributed by atoms with Gasteiger partial charge in [0.05, 0.1) is 11.4 Å². The molecular formula is C25H31FN8O2. The molecule has 10 nitrogen and oxygen atoms in total. The molecule has 1 aromatic carbocycles. The minimum absolute atomic E-state index is 0.0444. The molecule has 0 bridgehead atoms. The number of pyridine rings is 1. The Kier molecular flexibility index (Phi) is 6.57. The summed E-state index contributed by atoms with van der Waals surface area (Å²) in [6.45, 7) is 8.84. The molecule has 1 aliphatic rings. The van der Waals surface area contributed by atoms with Crippen molar-refractivity contribution in [2.45, 2.75) is 46.2 Å². The van der Waals surface area contributed by atoms with Crippen LogP contribution in [0.4, 0.5) is 26.5 Å². The number of amides is 2.